The van der Waals surface area contributed by atoms with Gasteiger partial charge in [-0.1, -0.05) is 23.4 Å². The van der Waals surface area contributed by atoms with Crippen LogP contribution in [0, 0.1) is 13.8 Å². The minimum Gasteiger partial charge on any atom is -0.389 e. The lowest BCUT2D eigenvalue weighted by Gasteiger charge is -2.21. The molecule has 0 heterocycles. The average Bonchev–Trinajstić information content (AvgIpc) is 2.24. The first-order chi connectivity index (χ1) is 8.32. The predicted molar refractivity (Wildman–Crippen MR) is 75.0 cm³/mol. The van der Waals surface area contributed by atoms with Gasteiger partial charge in [-0.2, -0.15) is 0 Å². The normalized spacial score (nSPS) is 14.3. The van der Waals surface area contributed by atoms with E-state index in [1.165, 1.54) is 6.92 Å². The van der Waals surface area contributed by atoms with Crippen molar-refractivity contribution in [2.45, 2.75) is 33.0 Å². The first-order valence-electron chi connectivity index (χ1n) is 5.59. The average molecular weight is 289 g/mol. The molecule has 0 saturated heterocycles. The number of carbonyl (C=O) groups is 1. The number of thioether (sulfide) groups is 1. The Kier molecular flexibility index (Phi) is 5.66. The second-order valence-electron chi connectivity index (χ2n) is 4.27. The number of aliphatic hydroxyl groups excluding tert-OH is 2. The lowest BCUT2D eigenvalue weighted by molar-refractivity contribution is -0.109. The van der Waals surface area contributed by atoms with E-state index in [2.05, 4.69) is 0 Å². The maximum Gasteiger partial charge on any atom is 0.185 e. The van der Waals surface area contributed by atoms with Gasteiger partial charge in [-0.3, -0.25) is 4.79 Å². The van der Waals surface area contributed by atoms with Gasteiger partial charge in [-0.05, 0) is 42.7 Å². The van der Waals surface area contributed by atoms with Crippen LogP contribution in [0.2, 0.25) is 5.02 Å². The van der Waals surface area contributed by atoms with E-state index in [9.17, 15) is 15.0 Å². The van der Waals surface area contributed by atoms with E-state index in [0.717, 1.165) is 22.9 Å². The fourth-order valence-electron chi connectivity index (χ4n) is 1.87. The zero-order valence-electron chi connectivity index (χ0n) is 10.6. The number of rotatable bonds is 4. The largest absolute Gasteiger partial charge is 0.389 e. The van der Waals surface area contributed by atoms with Crippen LogP contribution in [-0.2, 0) is 4.79 Å². The van der Waals surface area contributed by atoms with Gasteiger partial charge in [0.15, 0.2) is 5.12 Å². The number of benzene rings is 1. The SMILES string of the molecule is CC(=O)SCC(O)C(O)c1c(C)cc(Cl)cc1C. The Morgan fingerprint density at radius 1 is 1.33 bits per heavy atom. The predicted octanol–water partition coefficient (Wildman–Crippen LogP) is 2.63. The molecule has 1 aromatic rings. The van der Waals surface area contributed by atoms with Crippen molar-refractivity contribution in [3.05, 3.63) is 33.8 Å². The summed E-state index contributed by atoms with van der Waals surface area (Å²) in [5, 5.41) is 20.5. The first-order valence-corrected chi connectivity index (χ1v) is 6.95. The highest BCUT2D eigenvalue weighted by Crippen LogP contribution is 2.28. The molecule has 2 N–H and O–H groups in total. The summed E-state index contributed by atoms with van der Waals surface area (Å²) < 4.78 is 0. The number of hydrogen-bond acceptors (Lipinski definition) is 4. The van der Waals surface area contributed by atoms with E-state index in [4.69, 9.17) is 11.6 Å². The van der Waals surface area contributed by atoms with Crippen molar-refractivity contribution >= 4 is 28.5 Å². The van der Waals surface area contributed by atoms with E-state index < -0.39 is 12.2 Å². The first kappa shape index (κ1) is 15.5. The lowest BCUT2D eigenvalue weighted by atomic mass is 9.95. The van der Waals surface area contributed by atoms with Gasteiger partial charge < -0.3 is 10.2 Å². The number of aliphatic hydroxyl groups is 2. The van der Waals surface area contributed by atoms with Crippen LogP contribution in [0.1, 0.15) is 29.7 Å². The fourth-order valence-corrected chi connectivity index (χ4v) is 2.79. The lowest BCUT2D eigenvalue weighted by Crippen LogP contribution is -2.23. The highest BCUT2D eigenvalue weighted by Gasteiger charge is 2.22. The summed E-state index contributed by atoms with van der Waals surface area (Å²) in [6.45, 7) is 5.10. The Labute approximate surface area is 116 Å². The van der Waals surface area contributed by atoms with Crippen LogP contribution >= 0.6 is 23.4 Å². The van der Waals surface area contributed by atoms with Crippen molar-refractivity contribution in [1.82, 2.24) is 0 Å². The molecule has 0 aliphatic carbocycles. The Bertz CT molecular complexity index is 425. The quantitative estimate of drug-likeness (QED) is 0.894. The van der Waals surface area contributed by atoms with Crippen molar-refractivity contribution in [2.24, 2.45) is 0 Å². The van der Waals surface area contributed by atoms with Gasteiger partial charge in [0.1, 0.15) is 6.10 Å². The van der Waals surface area contributed by atoms with Gasteiger partial charge in [-0.15, -0.1) is 0 Å². The Hall–Kier alpha value is -0.550. The number of hydrogen-bond donors (Lipinski definition) is 2. The topological polar surface area (TPSA) is 57.5 Å². The molecule has 18 heavy (non-hydrogen) atoms. The minimum absolute atomic E-state index is 0.0780. The zero-order chi connectivity index (χ0) is 13.9. The van der Waals surface area contributed by atoms with Crippen LogP contribution in [0.25, 0.3) is 0 Å². The summed E-state index contributed by atoms with van der Waals surface area (Å²) in [6, 6.07) is 3.50. The van der Waals surface area contributed by atoms with Gasteiger partial charge in [0, 0.05) is 17.7 Å². The molecule has 0 bridgehead atoms. The molecule has 0 radical (unpaired) electrons. The molecule has 5 heteroatoms. The molecule has 1 aromatic carbocycles. The van der Waals surface area contributed by atoms with Crippen molar-refractivity contribution in [2.75, 3.05) is 5.75 Å². The zero-order valence-corrected chi connectivity index (χ0v) is 12.2. The summed E-state index contributed by atoms with van der Waals surface area (Å²) in [5.74, 6) is 0.179. The van der Waals surface area contributed by atoms with Crippen LogP contribution in [0.15, 0.2) is 12.1 Å². The number of halogens is 1. The van der Waals surface area contributed by atoms with Gasteiger partial charge in [-0.25, -0.2) is 0 Å². The molecule has 0 fully saturated rings. The maximum absolute atomic E-state index is 10.8. The van der Waals surface area contributed by atoms with E-state index in [1.54, 1.807) is 12.1 Å². The van der Waals surface area contributed by atoms with Crippen molar-refractivity contribution in [1.29, 1.82) is 0 Å². The van der Waals surface area contributed by atoms with Crippen LogP contribution in [0.4, 0.5) is 0 Å². The molecular weight excluding hydrogens is 272 g/mol. The molecule has 0 saturated carbocycles. The fraction of sp³-hybridized carbons (Fsp3) is 0.462. The second kappa shape index (κ2) is 6.57. The molecule has 0 amide bonds. The van der Waals surface area contributed by atoms with Gasteiger partial charge in [0.25, 0.3) is 0 Å². The Morgan fingerprint density at radius 3 is 2.28 bits per heavy atom. The van der Waals surface area contributed by atoms with Crippen molar-refractivity contribution in [3.8, 4) is 0 Å². The van der Waals surface area contributed by atoms with Gasteiger partial charge in [0.2, 0.25) is 0 Å². The highest BCUT2D eigenvalue weighted by molar-refractivity contribution is 8.13. The molecule has 3 nitrogen and oxygen atoms in total. The summed E-state index contributed by atoms with van der Waals surface area (Å²) in [6.07, 6.45) is -1.98. The standard InChI is InChI=1S/C13H17ClO3S/c1-7-4-10(14)5-8(2)12(7)13(17)11(16)6-18-9(3)15/h4-5,11,13,16-17H,6H2,1-3H3. The molecule has 0 aliphatic rings. The number of aryl methyl sites for hydroxylation is 2. The highest BCUT2D eigenvalue weighted by atomic mass is 35.5. The summed E-state index contributed by atoms with van der Waals surface area (Å²) >= 11 is 6.92. The summed E-state index contributed by atoms with van der Waals surface area (Å²) in [5.41, 5.74) is 2.34. The monoisotopic (exact) mass is 288 g/mol. The third-order valence-electron chi connectivity index (χ3n) is 2.68. The summed E-state index contributed by atoms with van der Waals surface area (Å²) in [7, 11) is 0. The molecule has 1 rings (SSSR count). The Morgan fingerprint density at radius 2 is 1.83 bits per heavy atom. The van der Waals surface area contributed by atoms with E-state index in [1.807, 2.05) is 13.8 Å². The van der Waals surface area contributed by atoms with E-state index in [0.29, 0.717) is 10.6 Å². The molecule has 2 unspecified atom stereocenters. The third kappa shape index (κ3) is 3.99. The molecule has 2 atom stereocenters. The molecule has 100 valence electrons. The van der Waals surface area contributed by atoms with Gasteiger partial charge in [0.05, 0.1) is 6.10 Å². The van der Waals surface area contributed by atoms with Crippen LogP contribution in [0.5, 0.6) is 0 Å². The van der Waals surface area contributed by atoms with Crippen LogP contribution in [0.3, 0.4) is 0 Å². The maximum atomic E-state index is 10.8. The second-order valence-corrected chi connectivity index (χ2v) is 5.90. The van der Waals surface area contributed by atoms with Crippen LogP contribution in [-0.4, -0.2) is 27.2 Å². The molecule has 0 aliphatic heterocycles. The smallest absolute Gasteiger partial charge is 0.185 e. The van der Waals surface area contributed by atoms with Crippen LogP contribution < -0.4 is 0 Å². The number of carbonyl (C=O) groups excluding carboxylic acids is 1. The minimum atomic E-state index is -1.01. The Balaban J connectivity index is 2.89. The van der Waals surface area contributed by atoms with E-state index >= 15 is 0 Å². The van der Waals surface area contributed by atoms with Crippen molar-refractivity contribution < 1.29 is 15.0 Å². The third-order valence-corrected chi connectivity index (χ3v) is 3.81. The van der Waals surface area contributed by atoms with Gasteiger partial charge >= 0.3 is 0 Å². The molecular formula is C13H17ClO3S. The van der Waals surface area contributed by atoms with Crippen molar-refractivity contribution in [3.63, 3.8) is 0 Å². The summed E-state index contributed by atoms with van der Waals surface area (Å²) in [4.78, 5) is 10.8. The molecule has 0 aromatic heterocycles. The van der Waals surface area contributed by atoms with E-state index in [-0.39, 0.29) is 10.9 Å². The molecule has 0 spiro atoms.